The summed E-state index contributed by atoms with van der Waals surface area (Å²) in [7, 11) is 1.27. The van der Waals surface area contributed by atoms with Crippen LogP contribution in [0.2, 0.25) is 0 Å². The van der Waals surface area contributed by atoms with Gasteiger partial charge in [-0.1, -0.05) is 0 Å². The molecule has 84 valence electrons. The van der Waals surface area contributed by atoms with Gasteiger partial charge in [0.1, 0.15) is 5.54 Å². The third kappa shape index (κ3) is 4.43. The zero-order valence-corrected chi connectivity index (χ0v) is 7.94. The van der Waals surface area contributed by atoms with Gasteiger partial charge >= 0.3 is 6.18 Å². The topological polar surface area (TPSA) is 64.3 Å². The van der Waals surface area contributed by atoms with Crippen molar-refractivity contribution in [3.05, 3.63) is 0 Å². The number of halogens is 3. The molecule has 0 aliphatic heterocycles. The second kappa shape index (κ2) is 4.61. The highest BCUT2D eigenvalue weighted by molar-refractivity contribution is 5.84. The number of hydrogen-bond acceptors (Lipinski definition) is 3. The number of methoxy groups -OCH3 is 1. The van der Waals surface area contributed by atoms with Crippen LogP contribution in [-0.2, 0) is 9.53 Å². The van der Waals surface area contributed by atoms with Crippen LogP contribution in [0, 0.1) is 0 Å². The van der Waals surface area contributed by atoms with Crippen molar-refractivity contribution in [3.63, 3.8) is 0 Å². The fourth-order valence-corrected chi connectivity index (χ4v) is 0.793. The Kier molecular flexibility index (Phi) is 4.34. The Morgan fingerprint density at radius 2 is 2.00 bits per heavy atom. The maximum Gasteiger partial charge on any atom is 0.401 e. The minimum atomic E-state index is -4.38. The van der Waals surface area contributed by atoms with Crippen LogP contribution in [0.1, 0.15) is 6.92 Å². The van der Waals surface area contributed by atoms with Gasteiger partial charge in [-0.25, -0.2) is 0 Å². The highest BCUT2D eigenvalue weighted by Gasteiger charge is 2.36. The Morgan fingerprint density at radius 1 is 1.50 bits per heavy atom. The Hall–Kier alpha value is -0.820. The average molecular weight is 214 g/mol. The summed E-state index contributed by atoms with van der Waals surface area (Å²) in [6.45, 7) is -0.237. The summed E-state index contributed by atoms with van der Waals surface area (Å²) >= 11 is 0. The van der Waals surface area contributed by atoms with E-state index in [1.54, 1.807) is 0 Å². The molecule has 0 aromatic heterocycles. The molecule has 0 heterocycles. The molecule has 4 nitrogen and oxygen atoms in total. The predicted molar refractivity (Wildman–Crippen MR) is 43.5 cm³/mol. The van der Waals surface area contributed by atoms with Gasteiger partial charge < -0.3 is 10.5 Å². The van der Waals surface area contributed by atoms with E-state index in [1.165, 1.54) is 14.0 Å². The lowest BCUT2D eigenvalue weighted by Crippen LogP contribution is -2.58. The minimum Gasteiger partial charge on any atom is -0.382 e. The van der Waals surface area contributed by atoms with Gasteiger partial charge in [0.2, 0.25) is 5.91 Å². The Balaban J connectivity index is 4.31. The number of primary amides is 1. The van der Waals surface area contributed by atoms with Gasteiger partial charge in [0.05, 0.1) is 13.2 Å². The first-order chi connectivity index (χ1) is 6.21. The molecule has 0 aliphatic carbocycles. The summed E-state index contributed by atoms with van der Waals surface area (Å²) in [6, 6.07) is 0. The molecule has 0 rings (SSSR count). The molecule has 0 aromatic rings. The molecular formula is C7H13F3N2O2. The van der Waals surface area contributed by atoms with E-state index in [0.29, 0.717) is 0 Å². The normalized spacial score (nSPS) is 16.4. The van der Waals surface area contributed by atoms with Gasteiger partial charge in [-0.2, -0.15) is 13.2 Å². The van der Waals surface area contributed by atoms with Gasteiger partial charge in [0.15, 0.2) is 0 Å². The van der Waals surface area contributed by atoms with Gasteiger partial charge in [-0.05, 0) is 6.92 Å². The summed E-state index contributed by atoms with van der Waals surface area (Å²) < 4.78 is 40.1. The van der Waals surface area contributed by atoms with Crippen molar-refractivity contribution in [2.24, 2.45) is 5.73 Å². The van der Waals surface area contributed by atoms with Crippen molar-refractivity contribution in [1.29, 1.82) is 0 Å². The largest absolute Gasteiger partial charge is 0.401 e. The molecule has 1 amide bonds. The van der Waals surface area contributed by atoms with Gasteiger partial charge in [-0.3, -0.25) is 10.1 Å². The number of nitrogens with two attached hydrogens (primary N) is 1. The smallest absolute Gasteiger partial charge is 0.382 e. The number of hydrogen-bond donors (Lipinski definition) is 2. The van der Waals surface area contributed by atoms with Gasteiger partial charge in [-0.15, -0.1) is 0 Å². The lowest BCUT2D eigenvalue weighted by Gasteiger charge is -2.27. The Morgan fingerprint density at radius 3 is 2.29 bits per heavy atom. The summed E-state index contributed by atoms with van der Waals surface area (Å²) in [5, 5.41) is 2.01. The zero-order chi connectivity index (χ0) is 11.4. The predicted octanol–water partition coefficient (Wildman–Crippen LogP) is 0.0287. The van der Waals surface area contributed by atoms with E-state index < -0.39 is 24.2 Å². The van der Waals surface area contributed by atoms with Crippen LogP contribution in [0.5, 0.6) is 0 Å². The average Bonchev–Trinajstić information content (AvgIpc) is 2.00. The van der Waals surface area contributed by atoms with Crippen LogP contribution in [0.25, 0.3) is 0 Å². The molecule has 0 spiro atoms. The van der Waals surface area contributed by atoms with E-state index in [4.69, 9.17) is 5.73 Å². The fraction of sp³-hybridized carbons (Fsp3) is 0.857. The number of rotatable bonds is 5. The monoisotopic (exact) mass is 214 g/mol. The van der Waals surface area contributed by atoms with Crippen LogP contribution in [-0.4, -0.2) is 37.9 Å². The number of alkyl halides is 3. The first kappa shape index (κ1) is 13.2. The molecular weight excluding hydrogens is 201 g/mol. The Bertz CT molecular complexity index is 208. The maximum atomic E-state index is 11.8. The van der Waals surface area contributed by atoms with Crippen LogP contribution >= 0.6 is 0 Å². The van der Waals surface area contributed by atoms with E-state index in [0.717, 1.165) is 0 Å². The summed E-state index contributed by atoms with van der Waals surface area (Å²) in [4.78, 5) is 10.8. The third-order valence-electron chi connectivity index (χ3n) is 1.66. The zero-order valence-electron chi connectivity index (χ0n) is 7.94. The molecule has 0 saturated heterocycles. The molecule has 3 N–H and O–H groups in total. The number of amides is 1. The van der Waals surface area contributed by atoms with Crippen LogP contribution < -0.4 is 11.1 Å². The first-order valence-corrected chi connectivity index (χ1v) is 3.82. The van der Waals surface area contributed by atoms with Crippen molar-refractivity contribution >= 4 is 5.91 Å². The number of carbonyl (C=O) groups is 1. The number of carbonyl (C=O) groups excluding carboxylic acids is 1. The molecule has 0 aromatic carbocycles. The van der Waals surface area contributed by atoms with Crippen molar-refractivity contribution in [2.75, 3.05) is 20.3 Å². The second-order valence-corrected chi connectivity index (χ2v) is 3.10. The first-order valence-electron chi connectivity index (χ1n) is 3.82. The molecule has 0 radical (unpaired) electrons. The molecule has 7 heteroatoms. The molecule has 0 aliphatic rings. The number of ether oxygens (including phenoxy) is 1. The maximum absolute atomic E-state index is 11.8. The summed E-state index contributed by atoms with van der Waals surface area (Å²) in [5.41, 5.74) is 3.44. The highest BCUT2D eigenvalue weighted by atomic mass is 19.4. The standard InChI is InChI=1S/C7H13F3N2O2/c1-6(4-14-2,5(11)13)12-3-7(8,9)10/h12H,3-4H2,1-2H3,(H2,11,13). The van der Waals surface area contributed by atoms with Crippen LogP contribution in [0.3, 0.4) is 0 Å². The van der Waals surface area contributed by atoms with Crippen molar-refractivity contribution in [1.82, 2.24) is 5.32 Å². The molecule has 0 saturated carbocycles. The fourth-order valence-electron chi connectivity index (χ4n) is 0.793. The van der Waals surface area contributed by atoms with Crippen LogP contribution in [0.4, 0.5) is 13.2 Å². The number of nitrogens with one attached hydrogen (secondary N) is 1. The van der Waals surface area contributed by atoms with Crippen molar-refractivity contribution in [2.45, 2.75) is 18.6 Å². The molecule has 14 heavy (non-hydrogen) atoms. The second-order valence-electron chi connectivity index (χ2n) is 3.10. The van der Waals surface area contributed by atoms with Crippen molar-refractivity contribution in [3.8, 4) is 0 Å². The minimum absolute atomic E-state index is 0.210. The van der Waals surface area contributed by atoms with E-state index in [2.05, 4.69) is 4.74 Å². The summed E-state index contributed by atoms with van der Waals surface area (Å²) in [6.07, 6.45) is -4.38. The third-order valence-corrected chi connectivity index (χ3v) is 1.66. The molecule has 0 fully saturated rings. The van der Waals surface area contributed by atoms with E-state index in [9.17, 15) is 18.0 Å². The quantitative estimate of drug-likeness (QED) is 0.678. The molecule has 0 bridgehead atoms. The SMILES string of the molecule is COCC(C)(NCC(F)(F)F)C(N)=O. The van der Waals surface area contributed by atoms with E-state index >= 15 is 0 Å². The van der Waals surface area contributed by atoms with Gasteiger partial charge in [0.25, 0.3) is 0 Å². The van der Waals surface area contributed by atoms with E-state index in [-0.39, 0.29) is 6.61 Å². The van der Waals surface area contributed by atoms with Crippen LogP contribution in [0.15, 0.2) is 0 Å². The molecule has 1 unspecified atom stereocenters. The van der Waals surface area contributed by atoms with Gasteiger partial charge in [0, 0.05) is 7.11 Å². The molecule has 1 atom stereocenters. The van der Waals surface area contributed by atoms with Crippen molar-refractivity contribution < 1.29 is 22.7 Å². The highest BCUT2D eigenvalue weighted by Crippen LogP contribution is 2.14. The lowest BCUT2D eigenvalue weighted by atomic mass is 10.0. The lowest BCUT2D eigenvalue weighted by molar-refractivity contribution is -0.137. The summed E-state index contributed by atoms with van der Waals surface area (Å²) in [5.74, 6) is -0.886. The van der Waals surface area contributed by atoms with E-state index in [1.807, 2.05) is 5.32 Å². The Labute approximate surface area is 79.6 Å².